The van der Waals surface area contributed by atoms with Gasteiger partial charge in [0.05, 0.1) is 10.6 Å². The van der Waals surface area contributed by atoms with Gasteiger partial charge in [-0.3, -0.25) is 14.1 Å². The van der Waals surface area contributed by atoms with E-state index in [-0.39, 0.29) is 10.8 Å². The molecule has 0 aliphatic carbocycles. The number of carbonyl (C=O) groups is 1. The van der Waals surface area contributed by atoms with E-state index in [0.717, 1.165) is 16.7 Å². The van der Waals surface area contributed by atoms with Crippen LogP contribution >= 0.6 is 0 Å². The summed E-state index contributed by atoms with van der Waals surface area (Å²) in [4.78, 5) is 17.0. The Kier molecular flexibility index (Phi) is 5.07. The Morgan fingerprint density at radius 2 is 1.86 bits per heavy atom. The Balaban J connectivity index is 1.61. The molecule has 1 aromatic heterocycles. The molecule has 6 nitrogen and oxygen atoms in total. The van der Waals surface area contributed by atoms with Gasteiger partial charge in [-0.05, 0) is 66.4 Å². The lowest BCUT2D eigenvalue weighted by molar-refractivity contribution is 0.0950. The minimum Gasteiger partial charge on any atom is -0.348 e. The third-order valence-electron chi connectivity index (χ3n) is 5.01. The molecule has 0 atom stereocenters. The number of aromatic nitrogens is 1. The first-order valence-electron chi connectivity index (χ1n) is 9.35. The molecule has 0 spiro atoms. The van der Waals surface area contributed by atoms with E-state index in [1.165, 1.54) is 4.31 Å². The average molecular weight is 407 g/mol. The van der Waals surface area contributed by atoms with Crippen molar-refractivity contribution >= 4 is 21.6 Å². The van der Waals surface area contributed by atoms with Crippen molar-refractivity contribution in [1.29, 1.82) is 0 Å². The normalized spacial score (nSPS) is 13.2. The second-order valence-corrected chi connectivity index (χ2v) is 8.85. The van der Waals surface area contributed by atoms with Crippen LogP contribution in [0.3, 0.4) is 0 Å². The van der Waals surface area contributed by atoms with Crippen LogP contribution in [-0.2, 0) is 23.0 Å². The van der Waals surface area contributed by atoms with Crippen LogP contribution in [0.5, 0.6) is 0 Å². The summed E-state index contributed by atoms with van der Waals surface area (Å²) in [5.74, 6) is -0.214. The summed E-state index contributed by atoms with van der Waals surface area (Å²) in [5.41, 5.74) is 3.68. The Labute approximate surface area is 170 Å². The number of fused-ring (bicyclic) bond motifs is 1. The largest absolute Gasteiger partial charge is 0.348 e. The SMILES string of the molecule is Cc1cccc(S(=O)(=O)N2CCc3c(C(=O)NCc4ccncc4)cccc32)c1. The van der Waals surface area contributed by atoms with Crippen LogP contribution in [-0.4, -0.2) is 25.9 Å². The van der Waals surface area contributed by atoms with E-state index in [1.807, 2.05) is 25.1 Å². The molecular formula is C22H21N3O3S. The molecule has 3 aromatic rings. The van der Waals surface area contributed by atoms with Gasteiger partial charge in [0, 0.05) is 31.0 Å². The molecular weight excluding hydrogens is 386 g/mol. The number of sulfonamides is 1. The van der Waals surface area contributed by atoms with Gasteiger partial charge in [0.25, 0.3) is 15.9 Å². The fourth-order valence-electron chi connectivity index (χ4n) is 3.55. The predicted molar refractivity (Wildman–Crippen MR) is 111 cm³/mol. The maximum absolute atomic E-state index is 13.2. The van der Waals surface area contributed by atoms with Crippen LogP contribution in [0, 0.1) is 6.92 Å². The minimum absolute atomic E-state index is 0.214. The van der Waals surface area contributed by atoms with Gasteiger partial charge >= 0.3 is 0 Å². The molecule has 148 valence electrons. The Bertz CT molecular complexity index is 1160. The monoisotopic (exact) mass is 407 g/mol. The van der Waals surface area contributed by atoms with E-state index in [4.69, 9.17) is 0 Å². The Hall–Kier alpha value is -3.19. The topological polar surface area (TPSA) is 79.4 Å². The smallest absolute Gasteiger partial charge is 0.264 e. The highest BCUT2D eigenvalue weighted by atomic mass is 32.2. The van der Waals surface area contributed by atoms with Crippen LogP contribution in [0.15, 0.2) is 71.9 Å². The van der Waals surface area contributed by atoms with E-state index in [1.54, 1.807) is 48.8 Å². The van der Waals surface area contributed by atoms with Crippen molar-refractivity contribution in [3.63, 3.8) is 0 Å². The number of benzene rings is 2. The third-order valence-corrected chi connectivity index (χ3v) is 6.82. The van der Waals surface area contributed by atoms with Crippen molar-refractivity contribution < 1.29 is 13.2 Å². The lowest BCUT2D eigenvalue weighted by atomic mass is 10.0. The van der Waals surface area contributed by atoms with Crippen molar-refractivity contribution in [1.82, 2.24) is 10.3 Å². The van der Waals surface area contributed by atoms with Gasteiger partial charge in [0.15, 0.2) is 0 Å². The van der Waals surface area contributed by atoms with E-state index in [0.29, 0.717) is 30.8 Å². The molecule has 7 heteroatoms. The van der Waals surface area contributed by atoms with Gasteiger partial charge in [-0.15, -0.1) is 0 Å². The first kappa shape index (κ1) is 19.1. The average Bonchev–Trinajstić information content (AvgIpc) is 3.18. The third kappa shape index (κ3) is 3.73. The van der Waals surface area contributed by atoms with Gasteiger partial charge in [-0.2, -0.15) is 0 Å². The zero-order valence-electron chi connectivity index (χ0n) is 16.0. The summed E-state index contributed by atoms with van der Waals surface area (Å²) in [5, 5.41) is 2.90. The number of hydrogen-bond donors (Lipinski definition) is 1. The number of nitrogens with one attached hydrogen (secondary N) is 1. The molecule has 0 fully saturated rings. The lowest BCUT2D eigenvalue weighted by Crippen LogP contribution is -2.29. The van der Waals surface area contributed by atoms with Crippen LogP contribution in [0.25, 0.3) is 0 Å². The maximum atomic E-state index is 13.2. The van der Waals surface area contributed by atoms with E-state index in [9.17, 15) is 13.2 Å². The molecule has 1 N–H and O–H groups in total. The fourth-order valence-corrected chi connectivity index (χ4v) is 5.15. The second kappa shape index (κ2) is 7.67. The highest BCUT2D eigenvalue weighted by molar-refractivity contribution is 7.92. The predicted octanol–water partition coefficient (Wildman–Crippen LogP) is 3.07. The number of rotatable bonds is 5. The summed E-state index contributed by atoms with van der Waals surface area (Å²) in [6.07, 6.45) is 3.85. The van der Waals surface area contributed by atoms with Crippen molar-refractivity contribution in [2.45, 2.75) is 24.8 Å². The molecule has 2 aromatic carbocycles. The quantitative estimate of drug-likeness (QED) is 0.705. The maximum Gasteiger partial charge on any atom is 0.264 e. The number of aryl methyl sites for hydroxylation is 1. The molecule has 1 aliphatic heterocycles. The summed E-state index contributed by atoms with van der Waals surface area (Å²) in [6, 6.07) is 15.8. The first-order chi connectivity index (χ1) is 14.0. The molecule has 0 bridgehead atoms. The van der Waals surface area contributed by atoms with Gasteiger partial charge in [0.1, 0.15) is 0 Å². The molecule has 29 heavy (non-hydrogen) atoms. The summed E-state index contributed by atoms with van der Waals surface area (Å²) >= 11 is 0. The second-order valence-electron chi connectivity index (χ2n) is 6.99. The summed E-state index contributed by atoms with van der Waals surface area (Å²) in [6.45, 7) is 2.57. The number of pyridine rings is 1. The highest BCUT2D eigenvalue weighted by Gasteiger charge is 2.33. The molecule has 1 aliphatic rings. The van der Waals surface area contributed by atoms with E-state index >= 15 is 0 Å². The number of hydrogen-bond acceptors (Lipinski definition) is 4. The zero-order chi connectivity index (χ0) is 20.4. The Morgan fingerprint density at radius 1 is 1.10 bits per heavy atom. The van der Waals surface area contributed by atoms with Gasteiger partial charge in [-0.25, -0.2) is 8.42 Å². The highest BCUT2D eigenvalue weighted by Crippen LogP contribution is 2.35. The van der Waals surface area contributed by atoms with Gasteiger partial charge < -0.3 is 5.32 Å². The summed E-state index contributed by atoms with van der Waals surface area (Å²) < 4.78 is 27.7. The molecule has 0 saturated carbocycles. The summed E-state index contributed by atoms with van der Waals surface area (Å²) in [7, 11) is -3.68. The lowest BCUT2D eigenvalue weighted by Gasteiger charge is -2.20. The van der Waals surface area contributed by atoms with Gasteiger partial charge in [0.2, 0.25) is 0 Å². The molecule has 2 heterocycles. The molecule has 0 unspecified atom stereocenters. The standard InChI is InChI=1S/C22H21N3O3S/c1-16-4-2-5-18(14-16)29(27,28)25-13-10-19-20(6-3-7-21(19)25)22(26)24-15-17-8-11-23-12-9-17/h2-9,11-12,14H,10,13,15H2,1H3,(H,24,26). The van der Waals surface area contributed by atoms with Crippen LogP contribution in [0.2, 0.25) is 0 Å². The van der Waals surface area contributed by atoms with Crippen molar-refractivity contribution in [2.24, 2.45) is 0 Å². The van der Waals surface area contributed by atoms with Crippen LogP contribution in [0.4, 0.5) is 5.69 Å². The number of nitrogens with zero attached hydrogens (tertiary/aromatic N) is 2. The van der Waals surface area contributed by atoms with Crippen LogP contribution < -0.4 is 9.62 Å². The van der Waals surface area contributed by atoms with E-state index < -0.39 is 10.0 Å². The molecule has 4 rings (SSSR count). The van der Waals surface area contributed by atoms with Crippen molar-refractivity contribution in [3.05, 3.63) is 89.2 Å². The zero-order valence-corrected chi connectivity index (χ0v) is 16.8. The number of amides is 1. The minimum atomic E-state index is -3.68. The van der Waals surface area contributed by atoms with Crippen molar-refractivity contribution in [2.75, 3.05) is 10.8 Å². The Morgan fingerprint density at radius 3 is 2.62 bits per heavy atom. The molecule has 1 amide bonds. The van der Waals surface area contributed by atoms with E-state index in [2.05, 4.69) is 10.3 Å². The molecule has 0 radical (unpaired) electrons. The first-order valence-corrected chi connectivity index (χ1v) is 10.8. The van der Waals surface area contributed by atoms with Crippen molar-refractivity contribution in [3.8, 4) is 0 Å². The number of carbonyl (C=O) groups excluding carboxylic acids is 1. The van der Waals surface area contributed by atoms with Crippen LogP contribution in [0.1, 0.15) is 27.0 Å². The van der Waals surface area contributed by atoms with Gasteiger partial charge in [-0.1, -0.05) is 18.2 Å². The molecule has 0 saturated heterocycles. The number of anilines is 1. The fraction of sp³-hybridized carbons (Fsp3) is 0.182.